The zero-order valence-corrected chi connectivity index (χ0v) is 19.9. The summed E-state index contributed by atoms with van der Waals surface area (Å²) >= 11 is 0. The number of carbonyl (C=O) groups excluding carboxylic acids is 2. The quantitative estimate of drug-likeness (QED) is 0.685. The lowest BCUT2D eigenvalue weighted by Crippen LogP contribution is -2.65. The first-order valence-electron chi connectivity index (χ1n) is 12.2. The number of hydrogen-bond donors (Lipinski definition) is 1. The molecule has 1 aromatic heterocycles. The van der Waals surface area contributed by atoms with Gasteiger partial charge in [0.25, 0.3) is 5.91 Å². The molecule has 1 aliphatic carbocycles. The highest BCUT2D eigenvalue weighted by atomic mass is 16.2. The second kappa shape index (κ2) is 9.13. The Morgan fingerprint density at radius 2 is 1.72 bits per heavy atom. The third-order valence-corrected chi connectivity index (χ3v) is 7.35. The highest BCUT2D eigenvalue weighted by molar-refractivity contribution is 6.00. The molecule has 1 atom stereocenters. The van der Waals surface area contributed by atoms with Gasteiger partial charge in [0, 0.05) is 18.3 Å². The molecule has 0 spiro atoms. The lowest BCUT2D eigenvalue weighted by molar-refractivity contribution is -0.134. The molecule has 1 aliphatic heterocycles. The molecule has 2 aromatic rings. The normalized spacial score (nSPS) is 25.7. The van der Waals surface area contributed by atoms with Crippen molar-refractivity contribution >= 4 is 11.8 Å². The summed E-state index contributed by atoms with van der Waals surface area (Å²) in [5.74, 6) is 1.12. The average molecular weight is 436 g/mol. The maximum absolute atomic E-state index is 13.7. The van der Waals surface area contributed by atoms with Crippen molar-refractivity contribution < 1.29 is 9.59 Å². The van der Waals surface area contributed by atoms with E-state index in [0.29, 0.717) is 24.7 Å². The minimum atomic E-state index is -0.912. The van der Waals surface area contributed by atoms with Crippen LogP contribution in [-0.4, -0.2) is 39.4 Å². The Hall–Kier alpha value is -2.56. The summed E-state index contributed by atoms with van der Waals surface area (Å²) in [7, 11) is 0. The second-order valence-electron chi connectivity index (χ2n) is 10.4. The maximum Gasteiger partial charge on any atom is 0.271 e. The van der Waals surface area contributed by atoms with Gasteiger partial charge in [-0.2, -0.15) is 0 Å². The zero-order valence-electron chi connectivity index (χ0n) is 19.9. The molecule has 1 N–H and O–H groups in total. The minimum Gasteiger partial charge on any atom is -0.351 e. The Balaban J connectivity index is 1.66. The summed E-state index contributed by atoms with van der Waals surface area (Å²) in [5, 5.41) is 3.32. The molecule has 5 nitrogen and oxygen atoms in total. The largest absolute Gasteiger partial charge is 0.351 e. The molecule has 2 heterocycles. The fourth-order valence-corrected chi connectivity index (χ4v) is 5.12. The Morgan fingerprint density at radius 3 is 2.38 bits per heavy atom. The predicted molar refractivity (Wildman–Crippen MR) is 128 cm³/mol. The summed E-state index contributed by atoms with van der Waals surface area (Å²) in [5.41, 5.74) is 1.81. The predicted octanol–water partition coefficient (Wildman–Crippen LogP) is 5.11. The highest BCUT2D eigenvalue weighted by Gasteiger charge is 2.48. The van der Waals surface area contributed by atoms with Gasteiger partial charge in [-0.3, -0.25) is 9.59 Å². The molecule has 0 unspecified atom stereocenters. The molecular formula is C27H37N3O2. The van der Waals surface area contributed by atoms with E-state index < -0.39 is 5.54 Å². The van der Waals surface area contributed by atoms with E-state index in [9.17, 15) is 9.59 Å². The van der Waals surface area contributed by atoms with Gasteiger partial charge in [0.05, 0.1) is 6.54 Å². The van der Waals surface area contributed by atoms with Crippen LogP contribution in [0.15, 0.2) is 42.5 Å². The molecule has 0 bridgehead atoms. The highest BCUT2D eigenvalue weighted by Crippen LogP contribution is 2.34. The number of fused-ring (bicyclic) bond motifs is 1. The molecule has 4 rings (SSSR count). The third-order valence-electron chi connectivity index (χ3n) is 7.35. The monoisotopic (exact) mass is 435 g/mol. The van der Waals surface area contributed by atoms with Crippen LogP contribution in [0.3, 0.4) is 0 Å². The molecular weight excluding hydrogens is 398 g/mol. The second-order valence-corrected chi connectivity index (χ2v) is 10.4. The third kappa shape index (κ3) is 4.35. The zero-order chi connectivity index (χ0) is 22.9. The number of amides is 2. The summed E-state index contributed by atoms with van der Waals surface area (Å²) < 4.78 is 2.05. The van der Waals surface area contributed by atoms with Crippen molar-refractivity contribution in [3.05, 3.63) is 48.2 Å². The molecule has 1 fully saturated rings. The van der Waals surface area contributed by atoms with Gasteiger partial charge < -0.3 is 14.8 Å². The number of nitrogens with zero attached hydrogens (tertiary/aromatic N) is 2. The Labute approximate surface area is 192 Å². The van der Waals surface area contributed by atoms with E-state index in [2.05, 4.69) is 38.2 Å². The van der Waals surface area contributed by atoms with E-state index in [1.165, 1.54) is 0 Å². The molecule has 172 valence electrons. The van der Waals surface area contributed by atoms with Gasteiger partial charge in [0.1, 0.15) is 11.2 Å². The molecule has 0 radical (unpaired) electrons. The molecule has 1 aromatic carbocycles. The van der Waals surface area contributed by atoms with Crippen molar-refractivity contribution in [2.24, 2.45) is 11.8 Å². The van der Waals surface area contributed by atoms with Crippen LogP contribution < -0.4 is 5.32 Å². The van der Waals surface area contributed by atoms with E-state index in [0.717, 1.165) is 49.3 Å². The summed E-state index contributed by atoms with van der Waals surface area (Å²) in [4.78, 5) is 29.2. The fraction of sp³-hybridized carbons (Fsp3) is 0.556. The van der Waals surface area contributed by atoms with E-state index in [1.54, 1.807) is 0 Å². The van der Waals surface area contributed by atoms with Crippen LogP contribution in [0.4, 0.5) is 0 Å². The van der Waals surface area contributed by atoms with Crippen molar-refractivity contribution in [2.45, 2.75) is 77.9 Å². The van der Waals surface area contributed by atoms with Gasteiger partial charge in [-0.05, 0) is 68.6 Å². The lowest BCUT2D eigenvalue weighted by Gasteiger charge is -2.45. The SMILES string of the molecule is CC(C)CCN1C(=O)c2ccc(-c3ccccc3)n2C[C@@]1(C)C(=O)NC1CCC(C)CC1. The van der Waals surface area contributed by atoms with Crippen LogP contribution >= 0.6 is 0 Å². The van der Waals surface area contributed by atoms with Gasteiger partial charge in [-0.15, -0.1) is 0 Å². The van der Waals surface area contributed by atoms with Crippen molar-refractivity contribution in [1.29, 1.82) is 0 Å². The topological polar surface area (TPSA) is 54.3 Å². The number of rotatable bonds is 6. The van der Waals surface area contributed by atoms with E-state index in [4.69, 9.17) is 0 Å². The average Bonchev–Trinajstić information content (AvgIpc) is 3.19. The van der Waals surface area contributed by atoms with Crippen LogP contribution in [0, 0.1) is 11.8 Å². The van der Waals surface area contributed by atoms with Gasteiger partial charge >= 0.3 is 0 Å². The fourth-order valence-electron chi connectivity index (χ4n) is 5.12. The van der Waals surface area contributed by atoms with Gasteiger partial charge in [0.15, 0.2) is 0 Å². The van der Waals surface area contributed by atoms with Crippen LogP contribution in [0.25, 0.3) is 11.3 Å². The first kappa shape index (κ1) is 22.6. The number of benzene rings is 1. The van der Waals surface area contributed by atoms with Gasteiger partial charge in [-0.1, -0.05) is 51.1 Å². The number of hydrogen-bond acceptors (Lipinski definition) is 2. The van der Waals surface area contributed by atoms with Crippen molar-refractivity contribution in [3.63, 3.8) is 0 Å². The van der Waals surface area contributed by atoms with E-state index in [1.807, 2.05) is 46.7 Å². The molecule has 5 heteroatoms. The minimum absolute atomic E-state index is 0.0208. The molecule has 32 heavy (non-hydrogen) atoms. The lowest BCUT2D eigenvalue weighted by atomic mass is 9.86. The molecule has 1 saturated carbocycles. The smallest absolute Gasteiger partial charge is 0.271 e. The summed E-state index contributed by atoms with van der Waals surface area (Å²) in [6.07, 6.45) is 5.22. The molecule has 2 aliphatic rings. The summed E-state index contributed by atoms with van der Waals surface area (Å²) in [6, 6.07) is 14.2. The first-order chi connectivity index (χ1) is 15.3. The van der Waals surface area contributed by atoms with Crippen molar-refractivity contribution in [3.8, 4) is 11.3 Å². The van der Waals surface area contributed by atoms with Crippen LogP contribution in [0.5, 0.6) is 0 Å². The van der Waals surface area contributed by atoms with Gasteiger partial charge in [-0.25, -0.2) is 0 Å². The van der Waals surface area contributed by atoms with E-state index in [-0.39, 0.29) is 17.9 Å². The number of nitrogens with one attached hydrogen (secondary N) is 1. The molecule has 0 saturated heterocycles. The van der Waals surface area contributed by atoms with Crippen molar-refractivity contribution in [1.82, 2.24) is 14.8 Å². The Kier molecular flexibility index (Phi) is 6.45. The van der Waals surface area contributed by atoms with Gasteiger partial charge in [0.2, 0.25) is 5.91 Å². The van der Waals surface area contributed by atoms with Crippen molar-refractivity contribution in [2.75, 3.05) is 6.54 Å². The van der Waals surface area contributed by atoms with Crippen LogP contribution in [0.2, 0.25) is 0 Å². The standard InChI is InChI=1S/C27H37N3O2/c1-19(2)16-17-30-25(31)24-15-14-23(21-8-6-5-7-9-21)29(24)18-27(30,4)26(32)28-22-12-10-20(3)11-13-22/h5-9,14-15,19-20,22H,10-13,16-18H2,1-4H3,(H,28,32)/t20?,22?,27-/m0/s1. The maximum atomic E-state index is 13.7. The van der Waals surface area contributed by atoms with Crippen LogP contribution in [-0.2, 0) is 11.3 Å². The number of aromatic nitrogens is 1. The Bertz CT molecular complexity index is 957. The van der Waals surface area contributed by atoms with Crippen LogP contribution in [0.1, 0.15) is 70.3 Å². The molecule has 2 amide bonds. The number of carbonyl (C=O) groups is 2. The van der Waals surface area contributed by atoms with E-state index >= 15 is 0 Å². The summed E-state index contributed by atoms with van der Waals surface area (Å²) in [6.45, 7) is 9.61. The Morgan fingerprint density at radius 1 is 1.06 bits per heavy atom. The first-order valence-corrected chi connectivity index (χ1v) is 12.2.